The second-order valence-corrected chi connectivity index (χ2v) is 7.88. The van der Waals surface area contributed by atoms with Gasteiger partial charge in [-0.3, -0.25) is 4.90 Å². The van der Waals surface area contributed by atoms with Crippen LogP contribution in [0.4, 0.5) is 0 Å². The molecule has 144 valence electrons. The molecule has 0 amide bonds. The largest absolute Gasteiger partial charge is 0.493 e. The SMILES string of the molecule is COc1cc(C)ccc1OCCN1CCC2(CC1)c1ccccc1CC2O. The zero-order chi connectivity index (χ0) is 18.9. The first-order valence-corrected chi connectivity index (χ1v) is 9.89. The topological polar surface area (TPSA) is 41.9 Å². The molecule has 0 radical (unpaired) electrons. The maximum atomic E-state index is 10.8. The third-order valence-corrected chi connectivity index (χ3v) is 6.34. The summed E-state index contributed by atoms with van der Waals surface area (Å²) in [5.74, 6) is 1.59. The summed E-state index contributed by atoms with van der Waals surface area (Å²) in [6, 6.07) is 14.6. The molecule has 4 rings (SSSR count). The summed E-state index contributed by atoms with van der Waals surface area (Å²) in [5.41, 5.74) is 3.82. The van der Waals surface area contributed by atoms with Gasteiger partial charge in [0.15, 0.2) is 11.5 Å². The lowest BCUT2D eigenvalue weighted by Crippen LogP contribution is -2.48. The summed E-state index contributed by atoms with van der Waals surface area (Å²) in [6.07, 6.45) is 2.58. The van der Waals surface area contributed by atoms with E-state index in [2.05, 4.69) is 29.2 Å². The minimum Gasteiger partial charge on any atom is -0.493 e. The van der Waals surface area contributed by atoms with Crippen molar-refractivity contribution >= 4 is 0 Å². The van der Waals surface area contributed by atoms with E-state index < -0.39 is 0 Å². The van der Waals surface area contributed by atoms with Gasteiger partial charge in [-0.25, -0.2) is 0 Å². The van der Waals surface area contributed by atoms with Crippen LogP contribution in [-0.4, -0.2) is 49.5 Å². The number of hydrogen-bond acceptors (Lipinski definition) is 4. The summed E-state index contributed by atoms with van der Waals surface area (Å²) in [7, 11) is 1.68. The molecule has 1 atom stereocenters. The van der Waals surface area contributed by atoms with E-state index in [0.29, 0.717) is 6.61 Å². The van der Waals surface area contributed by atoms with Crippen LogP contribution in [0.5, 0.6) is 11.5 Å². The molecule has 1 saturated heterocycles. The Morgan fingerprint density at radius 3 is 2.67 bits per heavy atom. The highest BCUT2D eigenvalue weighted by atomic mass is 16.5. The number of piperidine rings is 1. The molecular formula is C23H29NO3. The lowest BCUT2D eigenvalue weighted by Gasteiger charge is -2.42. The molecule has 4 heteroatoms. The van der Waals surface area contributed by atoms with Crippen LogP contribution in [0.25, 0.3) is 0 Å². The Kier molecular flexibility index (Phi) is 5.11. The van der Waals surface area contributed by atoms with Crippen LogP contribution in [0.2, 0.25) is 0 Å². The van der Waals surface area contributed by atoms with Gasteiger partial charge in [0.1, 0.15) is 6.61 Å². The zero-order valence-corrected chi connectivity index (χ0v) is 16.3. The molecule has 2 aliphatic rings. The molecule has 2 aromatic carbocycles. The van der Waals surface area contributed by atoms with Gasteiger partial charge in [-0.1, -0.05) is 30.3 Å². The highest BCUT2D eigenvalue weighted by Gasteiger charge is 2.47. The number of likely N-dealkylation sites (tertiary alicyclic amines) is 1. The maximum absolute atomic E-state index is 10.8. The van der Waals surface area contributed by atoms with E-state index in [1.54, 1.807) is 7.11 Å². The van der Waals surface area contributed by atoms with Crippen LogP contribution in [0, 0.1) is 6.92 Å². The van der Waals surface area contributed by atoms with Gasteiger partial charge in [0.05, 0.1) is 13.2 Å². The summed E-state index contributed by atoms with van der Waals surface area (Å²) in [4.78, 5) is 2.44. The van der Waals surface area contributed by atoms with Crippen molar-refractivity contribution in [3.8, 4) is 11.5 Å². The number of nitrogens with zero attached hydrogens (tertiary/aromatic N) is 1. The second-order valence-electron chi connectivity index (χ2n) is 7.88. The number of aliphatic hydroxyl groups excluding tert-OH is 1. The minimum atomic E-state index is -0.245. The standard InChI is InChI=1S/C23H29NO3/c1-17-7-8-20(21(15-17)26-2)27-14-13-24-11-9-23(10-12-24)19-6-4-3-5-18(19)16-22(23)25/h3-8,15,22,25H,9-14,16H2,1-2H3. The normalized spacial score (nSPS) is 21.2. The van der Waals surface area contributed by atoms with Gasteiger partial charge in [0.25, 0.3) is 0 Å². The third kappa shape index (κ3) is 3.44. The molecule has 1 N–H and O–H groups in total. The second kappa shape index (κ2) is 7.53. The lowest BCUT2D eigenvalue weighted by molar-refractivity contribution is 0.0400. The quantitative estimate of drug-likeness (QED) is 0.880. The Balaban J connectivity index is 1.33. The van der Waals surface area contributed by atoms with Gasteiger partial charge in [-0.15, -0.1) is 0 Å². The van der Waals surface area contributed by atoms with Crippen molar-refractivity contribution < 1.29 is 14.6 Å². The molecule has 0 saturated carbocycles. The molecule has 27 heavy (non-hydrogen) atoms. The molecule has 1 heterocycles. The predicted molar refractivity (Wildman–Crippen MR) is 107 cm³/mol. The molecule has 1 unspecified atom stereocenters. The predicted octanol–water partition coefficient (Wildman–Crippen LogP) is 3.33. The van der Waals surface area contributed by atoms with Gasteiger partial charge >= 0.3 is 0 Å². The minimum absolute atomic E-state index is 0.0475. The fraction of sp³-hybridized carbons (Fsp3) is 0.478. The first kappa shape index (κ1) is 18.3. The van der Waals surface area contributed by atoms with Gasteiger partial charge in [-0.05, 0) is 68.1 Å². The Morgan fingerprint density at radius 2 is 1.89 bits per heavy atom. The van der Waals surface area contributed by atoms with Crippen LogP contribution in [0.15, 0.2) is 42.5 Å². The van der Waals surface area contributed by atoms with Crippen molar-refractivity contribution in [3.05, 3.63) is 59.2 Å². The number of rotatable bonds is 5. The van der Waals surface area contributed by atoms with Crippen molar-refractivity contribution in [1.82, 2.24) is 4.90 Å². The Labute approximate surface area is 161 Å². The molecule has 0 bridgehead atoms. The van der Waals surface area contributed by atoms with Crippen LogP contribution >= 0.6 is 0 Å². The zero-order valence-electron chi connectivity index (χ0n) is 16.3. The average molecular weight is 367 g/mol. The van der Waals surface area contributed by atoms with E-state index in [0.717, 1.165) is 56.0 Å². The number of benzene rings is 2. The Hall–Kier alpha value is -2.04. The number of ether oxygens (including phenoxy) is 2. The van der Waals surface area contributed by atoms with Crippen molar-refractivity contribution in [2.45, 2.75) is 37.7 Å². The van der Waals surface area contributed by atoms with E-state index in [-0.39, 0.29) is 11.5 Å². The van der Waals surface area contributed by atoms with E-state index >= 15 is 0 Å². The first-order chi connectivity index (χ1) is 13.1. The van der Waals surface area contributed by atoms with Crippen molar-refractivity contribution in [2.24, 2.45) is 0 Å². The van der Waals surface area contributed by atoms with Gasteiger partial charge in [0.2, 0.25) is 0 Å². The molecule has 1 aliphatic heterocycles. The monoisotopic (exact) mass is 367 g/mol. The van der Waals surface area contributed by atoms with Gasteiger partial charge < -0.3 is 14.6 Å². The van der Waals surface area contributed by atoms with Crippen LogP contribution < -0.4 is 9.47 Å². The smallest absolute Gasteiger partial charge is 0.161 e. The Morgan fingerprint density at radius 1 is 1.11 bits per heavy atom. The van der Waals surface area contributed by atoms with Gasteiger partial charge in [-0.2, -0.15) is 0 Å². The lowest BCUT2D eigenvalue weighted by atomic mass is 9.72. The van der Waals surface area contributed by atoms with E-state index in [1.807, 2.05) is 25.1 Å². The number of aliphatic hydroxyl groups is 1. The molecular weight excluding hydrogens is 338 g/mol. The summed E-state index contributed by atoms with van der Waals surface area (Å²) < 4.78 is 11.4. The summed E-state index contributed by atoms with van der Waals surface area (Å²) in [6.45, 7) is 5.58. The molecule has 1 fully saturated rings. The number of methoxy groups -OCH3 is 1. The Bertz CT molecular complexity index is 796. The number of fused-ring (bicyclic) bond motifs is 2. The molecule has 2 aromatic rings. The highest BCUT2D eigenvalue weighted by molar-refractivity contribution is 5.43. The molecule has 4 nitrogen and oxygen atoms in total. The fourth-order valence-electron chi connectivity index (χ4n) is 4.72. The van der Waals surface area contributed by atoms with Crippen molar-refractivity contribution in [3.63, 3.8) is 0 Å². The van der Waals surface area contributed by atoms with E-state index in [1.165, 1.54) is 11.1 Å². The van der Waals surface area contributed by atoms with Crippen molar-refractivity contribution in [1.29, 1.82) is 0 Å². The maximum Gasteiger partial charge on any atom is 0.161 e. The number of aryl methyl sites for hydroxylation is 1. The molecule has 0 aromatic heterocycles. The third-order valence-electron chi connectivity index (χ3n) is 6.34. The number of hydrogen-bond donors (Lipinski definition) is 1. The van der Waals surface area contributed by atoms with Crippen LogP contribution in [0.1, 0.15) is 29.5 Å². The fourth-order valence-corrected chi connectivity index (χ4v) is 4.72. The van der Waals surface area contributed by atoms with Crippen LogP contribution in [0.3, 0.4) is 0 Å². The van der Waals surface area contributed by atoms with Gasteiger partial charge in [0, 0.05) is 12.0 Å². The molecule has 1 aliphatic carbocycles. The first-order valence-electron chi connectivity index (χ1n) is 9.89. The molecule has 1 spiro atoms. The van der Waals surface area contributed by atoms with E-state index in [9.17, 15) is 5.11 Å². The summed E-state index contributed by atoms with van der Waals surface area (Å²) >= 11 is 0. The van der Waals surface area contributed by atoms with E-state index in [4.69, 9.17) is 9.47 Å². The highest BCUT2D eigenvalue weighted by Crippen LogP contribution is 2.46. The summed E-state index contributed by atoms with van der Waals surface area (Å²) in [5, 5.41) is 10.8. The van der Waals surface area contributed by atoms with Crippen LogP contribution in [-0.2, 0) is 11.8 Å². The average Bonchev–Trinajstić information content (AvgIpc) is 2.96. The van der Waals surface area contributed by atoms with Crippen molar-refractivity contribution in [2.75, 3.05) is 33.4 Å².